The van der Waals surface area contributed by atoms with Gasteiger partial charge in [0.1, 0.15) is 0 Å². The number of hydrogen-bond donors (Lipinski definition) is 1. The summed E-state index contributed by atoms with van der Waals surface area (Å²) in [6, 6.07) is 1.94. The molecular formula is C15H23N5. The Kier molecular flexibility index (Phi) is 5.09. The van der Waals surface area contributed by atoms with Crippen LogP contribution < -0.4 is 5.32 Å². The molecule has 0 aliphatic carbocycles. The predicted molar refractivity (Wildman–Crippen MR) is 81.7 cm³/mol. The summed E-state index contributed by atoms with van der Waals surface area (Å²) in [5.74, 6) is 0.693. The molecule has 5 nitrogen and oxygen atoms in total. The van der Waals surface area contributed by atoms with Gasteiger partial charge in [0, 0.05) is 30.5 Å². The van der Waals surface area contributed by atoms with Crippen molar-refractivity contribution in [2.45, 2.75) is 46.6 Å². The van der Waals surface area contributed by atoms with Gasteiger partial charge in [-0.2, -0.15) is 5.10 Å². The summed E-state index contributed by atoms with van der Waals surface area (Å²) in [5.41, 5.74) is 3.17. The first-order valence-corrected chi connectivity index (χ1v) is 7.36. The summed E-state index contributed by atoms with van der Waals surface area (Å²) >= 11 is 0. The second-order valence-corrected chi connectivity index (χ2v) is 4.91. The van der Waals surface area contributed by atoms with Gasteiger partial charge in [-0.05, 0) is 25.8 Å². The lowest BCUT2D eigenvalue weighted by Crippen LogP contribution is -2.05. The molecule has 0 aliphatic rings. The van der Waals surface area contributed by atoms with E-state index in [1.807, 2.05) is 16.9 Å². The molecule has 20 heavy (non-hydrogen) atoms. The number of nitrogens with one attached hydrogen (secondary N) is 1. The van der Waals surface area contributed by atoms with Crippen LogP contribution in [0.1, 0.15) is 38.8 Å². The third-order valence-corrected chi connectivity index (χ3v) is 3.28. The summed E-state index contributed by atoms with van der Waals surface area (Å²) in [7, 11) is 0. The van der Waals surface area contributed by atoms with Crippen molar-refractivity contribution in [1.82, 2.24) is 19.7 Å². The third kappa shape index (κ3) is 3.35. The van der Waals surface area contributed by atoms with Gasteiger partial charge in [-0.15, -0.1) is 0 Å². The monoisotopic (exact) mass is 273 g/mol. The second-order valence-electron chi connectivity index (χ2n) is 4.91. The van der Waals surface area contributed by atoms with Gasteiger partial charge in [0.25, 0.3) is 0 Å². The highest BCUT2D eigenvalue weighted by molar-refractivity contribution is 5.61. The molecule has 0 atom stereocenters. The van der Waals surface area contributed by atoms with Crippen molar-refractivity contribution in [1.29, 1.82) is 0 Å². The van der Waals surface area contributed by atoms with E-state index in [0.29, 0.717) is 5.95 Å². The summed E-state index contributed by atoms with van der Waals surface area (Å²) in [4.78, 5) is 8.83. The molecule has 108 valence electrons. The Balaban J connectivity index is 2.18. The zero-order chi connectivity index (χ0) is 14.4. The Morgan fingerprint density at radius 3 is 2.85 bits per heavy atom. The largest absolute Gasteiger partial charge is 0.354 e. The van der Waals surface area contributed by atoms with Crippen LogP contribution >= 0.6 is 0 Å². The van der Waals surface area contributed by atoms with Crippen LogP contribution in [0.15, 0.2) is 18.5 Å². The fourth-order valence-electron chi connectivity index (χ4n) is 2.11. The Labute approximate surface area is 120 Å². The summed E-state index contributed by atoms with van der Waals surface area (Å²) in [6.45, 7) is 8.27. The molecule has 0 fully saturated rings. The first-order valence-electron chi connectivity index (χ1n) is 7.36. The highest BCUT2D eigenvalue weighted by Crippen LogP contribution is 2.21. The highest BCUT2D eigenvalue weighted by atomic mass is 15.3. The molecule has 0 spiro atoms. The molecule has 0 saturated carbocycles. The SMILES string of the molecule is CCCCNc1nccc(-c2cnn(CCC)c2C)n1. The molecule has 2 aromatic rings. The number of nitrogens with zero attached hydrogens (tertiary/aromatic N) is 4. The van der Waals surface area contributed by atoms with Gasteiger partial charge in [0.2, 0.25) is 5.95 Å². The molecule has 2 heterocycles. The van der Waals surface area contributed by atoms with Gasteiger partial charge < -0.3 is 5.32 Å². The van der Waals surface area contributed by atoms with E-state index >= 15 is 0 Å². The lowest BCUT2D eigenvalue weighted by Gasteiger charge is -2.06. The first-order chi connectivity index (χ1) is 9.76. The van der Waals surface area contributed by atoms with Crippen molar-refractivity contribution in [3.05, 3.63) is 24.2 Å². The minimum atomic E-state index is 0.693. The van der Waals surface area contributed by atoms with Crippen LogP contribution in [-0.4, -0.2) is 26.3 Å². The quantitative estimate of drug-likeness (QED) is 0.787. The number of aromatic nitrogens is 4. The molecule has 5 heteroatoms. The van der Waals surface area contributed by atoms with E-state index < -0.39 is 0 Å². The van der Waals surface area contributed by atoms with Crippen LogP contribution in [0.2, 0.25) is 0 Å². The lowest BCUT2D eigenvalue weighted by molar-refractivity contribution is 0.587. The third-order valence-electron chi connectivity index (χ3n) is 3.28. The number of anilines is 1. The smallest absolute Gasteiger partial charge is 0.223 e. The molecule has 0 aromatic carbocycles. The molecule has 0 unspecified atom stereocenters. The minimum absolute atomic E-state index is 0.693. The van der Waals surface area contributed by atoms with Crippen molar-refractivity contribution in [3.63, 3.8) is 0 Å². The van der Waals surface area contributed by atoms with Crippen molar-refractivity contribution in [2.75, 3.05) is 11.9 Å². The van der Waals surface area contributed by atoms with Crippen LogP contribution in [0.25, 0.3) is 11.3 Å². The lowest BCUT2D eigenvalue weighted by atomic mass is 10.2. The number of aryl methyl sites for hydroxylation is 1. The van der Waals surface area contributed by atoms with Gasteiger partial charge >= 0.3 is 0 Å². The van der Waals surface area contributed by atoms with E-state index in [1.165, 1.54) is 0 Å². The highest BCUT2D eigenvalue weighted by Gasteiger charge is 2.10. The molecule has 2 aromatic heterocycles. The van der Waals surface area contributed by atoms with Gasteiger partial charge in [0.05, 0.1) is 11.9 Å². The van der Waals surface area contributed by atoms with E-state index in [2.05, 4.69) is 41.2 Å². The number of unbranched alkanes of at least 4 members (excludes halogenated alkanes) is 1. The summed E-state index contributed by atoms with van der Waals surface area (Å²) < 4.78 is 2.03. The fraction of sp³-hybridized carbons (Fsp3) is 0.533. The molecular weight excluding hydrogens is 250 g/mol. The summed E-state index contributed by atoms with van der Waals surface area (Å²) in [6.07, 6.45) is 7.06. The van der Waals surface area contributed by atoms with Crippen LogP contribution in [0.3, 0.4) is 0 Å². The Morgan fingerprint density at radius 1 is 1.25 bits per heavy atom. The maximum atomic E-state index is 4.57. The molecule has 0 amide bonds. The Bertz CT molecular complexity index is 547. The van der Waals surface area contributed by atoms with Crippen molar-refractivity contribution in [2.24, 2.45) is 0 Å². The molecule has 0 aliphatic heterocycles. The molecule has 0 radical (unpaired) electrons. The van der Waals surface area contributed by atoms with E-state index in [1.54, 1.807) is 6.20 Å². The van der Waals surface area contributed by atoms with E-state index in [-0.39, 0.29) is 0 Å². The molecule has 0 bridgehead atoms. The summed E-state index contributed by atoms with van der Waals surface area (Å²) in [5, 5.41) is 7.68. The minimum Gasteiger partial charge on any atom is -0.354 e. The van der Waals surface area contributed by atoms with Crippen LogP contribution in [-0.2, 0) is 6.54 Å². The molecule has 1 N–H and O–H groups in total. The Morgan fingerprint density at radius 2 is 2.10 bits per heavy atom. The van der Waals surface area contributed by atoms with Gasteiger partial charge in [-0.25, -0.2) is 9.97 Å². The molecule has 0 saturated heterocycles. The van der Waals surface area contributed by atoms with Gasteiger partial charge in [0.15, 0.2) is 0 Å². The average molecular weight is 273 g/mol. The first kappa shape index (κ1) is 14.5. The Hall–Kier alpha value is -1.91. The van der Waals surface area contributed by atoms with Crippen molar-refractivity contribution < 1.29 is 0 Å². The zero-order valence-electron chi connectivity index (χ0n) is 12.6. The van der Waals surface area contributed by atoms with E-state index in [0.717, 1.165) is 49.3 Å². The van der Waals surface area contributed by atoms with E-state index in [9.17, 15) is 0 Å². The number of rotatable bonds is 7. The molecule has 2 rings (SSSR count). The standard InChI is InChI=1S/C15H23N5/c1-4-6-8-16-15-17-9-7-14(19-15)13-11-18-20(10-5-2)12(13)3/h7,9,11H,4-6,8,10H2,1-3H3,(H,16,17,19). The maximum absolute atomic E-state index is 4.57. The second kappa shape index (κ2) is 7.03. The fourth-order valence-corrected chi connectivity index (χ4v) is 2.11. The van der Waals surface area contributed by atoms with Crippen LogP contribution in [0, 0.1) is 6.92 Å². The van der Waals surface area contributed by atoms with Gasteiger partial charge in [-0.3, -0.25) is 4.68 Å². The normalized spacial score (nSPS) is 10.8. The maximum Gasteiger partial charge on any atom is 0.223 e. The topological polar surface area (TPSA) is 55.6 Å². The van der Waals surface area contributed by atoms with Gasteiger partial charge in [-0.1, -0.05) is 20.3 Å². The van der Waals surface area contributed by atoms with Crippen molar-refractivity contribution >= 4 is 5.95 Å². The predicted octanol–water partition coefficient (Wildman–Crippen LogP) is 3.27. The number of hydrogen-bond acceptors (Lipinski definition) is 4. The van der Waals surface area contributed by atoms with Crippen molar-refractivity contribution in [3.8, 4) is 11.3 Å². The van der Waals surface area contributed by atoms with Crippen LogP contribution in [0.4, 0.5) is 5.95 Å². The average Bonchev–Trinajstić information content (AvgIpc) is 2.82. The zero-order valence-corrected chi connectivity index (χ0v) is 12.6. The van der Waals surface area contributed by atoms with Crippen LogP contribution in [0.5, 0.6) is 0 Å². The van der Waals surface area contributed by atoms with E-state index in [4.69, 9.17) is 0 Å².